The Labute approximate surface area is 114 Å². The number of thiophene rings is 1. The highest BCUT2D eigenvalue weighted by molar-refractivity contribution is 9.11. The third-order valence-corrected chi connectivity index (χ3v) is 4.28. The highest BCUT2D eigenvalue weighted by atomic mass is 79.9. The van der Waals surface area contributed by atoms with Gasteiger partial charge in [-0.3, -0.25) is 0 Å². The second-order valence-electron chi connectivity index (χ2n) is 3.19. The van der Waals surface area contributed by atoms with Crippen LogP contribution < -0.4 is 5.32 Å². The average Bonchev–Trinajstić information content (AvgIpc) is 2.66. The Morgan fingerprint density at radius 2 is 2.00 bits per heavy atom. The van der Waals surface area contributed by atoms with Crippen molar-refractivity contribution in [3.63, 3.8) is 0 Å². The summed E-state index contributed by atoms with van der Waals surface area (Å²) in [6.45, 7) is 0.706. The van der Waals surface area contributed by atoms with E-state index in [-0.39, 0.29) is 5.82 Å². The van der Waals surface area contributed by atoms with E-state index in [9.17, 15) is 4.39 Å². The van der Waals surface area contributed by atoms with Crippen molar-refractivity contribution in [2.75, 3.05) is 5.32 Å². The van der Waals surface area contributed by atoms with Crippen LogP contribution in [0.25, 0.3) is 0 Å². The zero-order chi connectivity index (χ0) is 11.5. The third-order valence-electron chi connectivity index (χ3n) is 2.02. The molecule has 0 amide bonds. The van der Waals surface area contributed by atoms with Gasteiger partial charge in [-0.2, -0.15) is 0 Å². The normalized spacial score (nSPS) is 10.4. The summed E-state index contributed by atoms with van der Waals surface area (Å²) in [5.41, 5.74) is 0.783. The van der Waals surface area contributed by atoms with Crippen molar-refractivity contribution in [2.24, 2.45) is 0 Å². The molecule has 2 aromatic rings. The molecule has 1 N–H and O–H groups in total. The molecular weight excluding hydrogens is 357 g/mol. The fourth-order valence-corrected chi connectivity index (χ4v) is 2.91. The van der Waals surface area contributed by atoms with E-state index >= 15 is 0 Å². The van der Waals surface area contributed by atoms with E-state index in [1.807, 2.05) is 18.2 Å². The summed E-state index contributed by atoms with van der Waals surface area (Å²) >= 11 is 8.19. The number of hydrogen-bond acceptors (Lipinski definition) is 2. The predicted molar refractivity (Wildman–Crippen MR) is 73.4 cm³/mol. The van der Waals surface area contributed by atoms with Gasteiger partial charge in [0.15, 0.2) is 0 Å². The number of halogens is 3. The molecular formula is C11H8Br2FNS. The summed E-state index contributed by atoms with van der Waals surface area (Å²) in [5, 5.41) is 3.17. The first-order valence-corrected chi connectivity index (χ1v) is 6.98. The summed E-state index contributed by atoms with van der Waals surface area (Å²) in [4.78, 5) is 1.20. The quantitative estimate of drug-likeness (QED) is 0.805. The second kappa shape index (κ2) is 5.29. The number of hydrogen-bond donors (Lipinski definition) is 1. The van der Waals surface area contributed by atoms with Crippen molar-refractivity contribution in [1.82, 2.24) is 0 Å². The highest BCUT2D eigenvalue weighted by Gasteiger charge is 2.01. The van der Waals surface area contributed by atoms with Gasteiger partial charge in [0.1, 0.15) is 5.82 Å². The van der Waals surface area contributed by atoms with Gasteiger partial charge in [0, 0.05) is 17.1 Å². The van der Waals surface area contributed by atoms with Crippen LogP contribution in [0, 0.1) is 5.82 Å². The molecule has 1 nitrogen and oxygen atoms in total. The number of nitrogens with one attached hydrogen (secondary N) is 1. The lowest BCUT2D eigenvalue weighted by Crippen LogP contribution is -1.97. The van der Waals surface area contributed by atoms with E-state index in [1.165, 1.54) is 10.9 Å². The summed E-state index contributed by atoms with van der Waals surface area (Å²) in [6.07, 6.45) is 0. The molecule has 0 saturated carbocycles. The molecule has 0 unspecified atom stereocenters. The summed E-state index contributed by atoms with van der Waals surface area (Å²) in [6, 6.07) is 9.06. The lowest BCUT2D eigenvalue weighted by molar-refractivity contribution is 0.621. The van der Waals surface area contributed by atoms with Gasteiger partial charge in [-0.1, -0.05) is 0 Å². The number of anilines is 1. The first-order valence-electron chi connectivity index (χ1n) is 4.58. The monoisotopic (exact) mass is 363 g/mol. The van der Waals surface area contributed by atoms with E-state index in [1.54, 1.807) is 17.4 Å². The second-order valence-corrected chi connectivity index (χ2v) is 6.59. The van der Waals surface area contributed by atoms with Crippen LogP contribution in [0.15, 0.2) is 38.6 Å². The zero-order valence-corrected chi connectivity index (χ0v) is 12.1. The maximum absolute atomic E-state index is 13.2. The Hall–Kier alpha value is -0.390. The van der Waals surface area contributed by atoms with E-state index in [0.29, 0.717) is 11.0 Å². The fraction of sp³-hybridized carbons (Fsp3) is 0.0909. The van der Waals surface area contributed by atoms with Crippen LogP contribution in [0.1, 0.15) is 4.88 Å². The molecule has 1 aromatic carbocycles. The van der Waals surface area contributed by atoms with E-state index in [2.05, 4.69) is 37.2 Å². The Morgan fingerprint density at radius 1 is 1.19 bits per heavy atom. The van der Waals surface area contributed by atoms with Crippen LogP contribution in [0.4, 0.5) is 10.1 Å². The van der Waals surface area contributed by atoms with E-state index < -0.39 is 0 Å². The van der Waals surface area contributed by atoms with E-state index in [4.69, 9.17) is 0 Å². The minimum absolute atomic E-state index is 0.252. The molecule has 84 valence electrons. The largest absolute Gasteiger partial charge is 0.380 e. The lowest BCUT2D eigenvalue weighted by Gasteiger charge is -2.05. The Balaban J connectivity index is 2.02. The SMILES string of the molecule is Fc1cc(NCc2ccc(Br)s2)ccc1Br. The Morgan fingerprint density at radius 3 is 2.62 bits per heavy atom. The van der Waals surface area contributed by atoms with Crippen molar-refractivity contribution in [3.05, 3.63) is 49.3 Å². The molecule has 0 aliphatic rings. The van der Waals surface area contributed by atoms with Crippen molar-refractivity contribution in [3.8, 4) is 0 Å². The first kappa shape index (κ1) is 12.1. The minimum Gasteiger partial charge on any atom is -0.380 e. The molecule has 0 radical (unpaired) electrons. The molecule has 2 rings (SSSR count). The van der Waals surface area contributed by atoms with Crippen molar-refractivity contribution in [2.45, 2.75) is 6.54 Å². The minimum atomic E-state index is -0.252. The van der Waals surface area contributed by atoms with Gasteiger partial charge in [0.25, 0.3) is 0 Å². The van der Waals surface area contributed by atoms with Crippen LogP contribution in [-0.2, 0) is 6.54 Å². The first-order chi connectivity index (χ1) is 7.65. The molecule has 0 aliphatic carbocycles. The molecule has 16 heavy (non-hydrogen) atoms. The molecule has 0 atom stereocenters. The van der Waals surface area contributed by atoms with Gasteiger partial charge < -0.3 is 5.32 Å². The van der Waals surface area contributed by atoms with Crippen molar-refractivity contribution >= 4 is 48.9 Å². The van der Waals surface area contributed by atoms with Crippen molar-refractivity contribution < 1.29 is 4.39 Å². The van der Waals surface area contributed by atoms with Gasteiger partial charge >= 0.3 is 0 Å². The maximum Gasteiger partial charge on any atom is 0.139 e. The fourth-order valence-electron chi connectivity index (χ4n) is 1.24. The number of rotatable bonds is 3. The summed E-state index contributed by atoms with van der Waals surface area (Å²) in [5.74, 6) is -0.252. The predicted octanol–water partition coefficient (Wildman–Crippen LogP) is 5.02. The Bertz CT molecular complexity index is 498. The average molecular weight is 365 g/mol. The Kier molecular flexibility index (Phi) is 4.00. The van der Waals surface area contributed by atoms with Crippen LogP contribution in [-0.4, -0.2) is 0 Å². The molecule has 0 saturated heterocycles. The van der Waals surface area contributed by atoms with Gasteiger partial charge in [0.05, 0.1) is 8.26 Å². The number of benzene rings is 1. The van der Waals surface area contributed by atoms with Gasteiger partial charge in [-0.25, -0.2) is 4.39 Å². The molecule has 1 heterocycles. The maximum atomic E-state index is 13.2. The van der Waals surface area contributed by atoms with E-state index in [0.717, 1.165) is 9.47 Å². The molecule has 0 aliphatic heterocycles. The van der Waals surface area contributed by atoms with Gasteiger partial charge in [-0.05, 0) is 62.2 Å². The van der Waals surface area contributed by atoms with Crippen LogP contribution in [0.2, 0.25) is 0 Å². The standard InChI is InChI=1S/C11H8Br2FNS/c12-9-3-1-7(5-10(9)14)15-6-8-2-4-11(13)16-8/h1-5,15H,6H2. The molecule has 0 bridgehead atoms. The molecule has 0 spiro atoms. The van der Waals surface area contributed by atoms with Gasteiger partial charge in [-0.15, -0.1) is 11.3 Å². The lowest BCUT2D eigenvalue weighted by atomic mass is 10.3. The topological polar surface area (TPSA) is 12.0 Å². The van der Waals surface area contributed by atoms with Crippen LogP contribution >= 0.6 is 43.2 Å². The van der Waals surface area contributed by atoms with Crippen LogP contribution in [0.5, 0.6) is 0 Å². The zero-order valence-electron chi connectivity index (χ0n) is 8.14. The summed E-state index contributed by atoms with van der Waals surface area (Å²) in [7, 11) is 0. The van der Waals surface area contributed by atoms with Crippen molar-refractivity contribution in [1.29, 1.82) is 0 Å². The van der Waals surface area contributed by atoms with Gasteiger partial charge in [0.2, 0.25) is 0 Å². The molecule has 0 fully saturated rings. The summed E-state index contributed by atoms with van der Waals surface area (Å²) < 4.78 is 14.8. The van der Waals surface area contributed by atoms with Crippen LogP contribution in [0.3, 0.4) is 0 Å². The molecule has 1 aromatic heterocycles. The molecule has 5 heteroatoms. The highest BCUT2D eigenvalue weighted by Crippen LogP contribution is 2.24. The smallest absolute Gasteiger partial charge is 0.139 e. The third kappa shape index (κ3) is 3.06.